The Kier molecular flexibility index (Phi) is 7.37. The first-order valence-corrected chi connectivity index (χ1v) is 11.1. The van der Waals surface area contributed by atoms with Crippen LogP contribution in [0, 0.1) is 11.3 Å². The van der Waals surface area contributed by atoms with E-state index < -0.39 is 77.8 Å². The number of carbonyl (C=O) groups excluding carboxylic acids is 1. The lowest BCUT2D eigenvalue weighted by atomic mass is 9.63. The van der Waals surface area contributed by atoms with Crippen LogP contribution in [0.5, 0.6) is 0 Å². The summed E-state index contributed by atoms with van der Waals surface area (Å²) in [7, 11) is 0. The summed E-state index contributed by atoms with van der Waals surface area (Å²) in [5, 5.41) is 10.5. The number of rotatable bonds is 5. The van der Waals surface area contributed by atoms with Crippen LogP contribution in [0.15, 0.2) is 0 Å². The van der Waals surface area contributed by atoms with Gasteiger partial charge in [-0.2, -0.15) is 43.9 Å². The lowest BCUT2D eigenvalue weighted by Crippen LogP contribution is -2.89. The van der Waals surface area contributed by atoms with Crippen LogP contribution < -0.4 is 0 Å². The molecule has 0 aromatic heterocycles. The Balaban J connectivity index is 3.02. The number of carbonyl (C=O) groups is 1. The fraction of sp³-hybridized carbons (Fsp3) is 0.952. The topological polar surface area (TPSA) is 55.8 Å². The summed E-state index contributed by atoms with van der Waals surface area (Å²) in [6, 6.07) is 0. The predicted molar refractivity (Wildman–Crippen MR) is 101 cm³/mol. The van der Waals surface area contributed by atoms with Gasteiger partial charge in [-0.05, 0) is 39.5 Å². The molecule has 2 rings (SSSR count). The molecular formula is C21H28F10O4. The standard InChI is InChI=1S/C21H28F10O4/c1-5-14(3,4)13(32)34-19(21(29,30)31)18(24,25)15(33,6-2)17(22,23)16(35-19,20(26,27)28)12-10-8-7-9-11-12/h12,33H,5-11H2,1-4H3. The van der Waals surface area contributed by atoms with Gasteiger partial charge >= 0.3 is 36.0 Å². The molecule has 35 heavy (non-hydrogen) atoms. The first-order chi connectivity index (χ1) is 15.6. The number of halogens is 10. The molecule has 206 valence electrons. The molecule has 0 radical (unpaired) electrons. The zero-order chi connectivity index (χ0) is 27.5. The largest absolute Gasteiger partial charge is 0.462 e. The number of ether oxygens (including phenoxy) is 2. The van der Waals surface area contributed by atoms with Crippen LogP contribution in [0.25, 0.3) is 0 Å². The van der Waals surface area contributed by atoms with Crippen molar-refractivity contribution in [2.75, 3.05) is 0 Å². The number of alkyl halides is 10. The quantitative estimate of drug-likeness (QED) is 0.321. The van der Waals surface area contributed by atoms with Crippen molar-refractivity contribution in [1.82, 2.24) is 0 Å². The molecule has 1 aliphatic carbocycles. The molecule has 1 N–H and O–H groups in total. The zero-order valence-corrected chi connectivity index (χ0v) is 19.5. The third-order valence-electron chi connectivity index (χ3n) is 7.38. The Morgan fingerprint density at radius 1 is 0.914 bits per heavy atom. The van der Waals surface area contributed by atoms with Crippen molar-refractivity contribution in [1.29, 1.82) is 0 Å². The minimum atomic E-state index is -6.67. The van der Waals surface area contributed by atoms with Crippen LogP contribution in [0.1, 0.15) is 72.6 Å². The number of hydrogen-bond donors (Lipinski definition) is 1. The highest BCUT2D eigenvalue weighted by Gasteiger charge is 2.97. The average molecular weight is 534 g/mol. The van der Waals surface area contributed by atoms with Gasteiger partial charge in [-0.25, -0.2) is 0 Å². The summed E-state index contributed by atoms with van der Waals surface area (Å²) in [5.41, 5.74) is -12.4. The van der Waals surface area contributed by atoms with Crippen molar-refractivity contribution in [2.45, 2.75) is 114 Å². The molecule has 3 atom stereocenters. The highest BCUT2D eigenvalue weighted by atomic mass is 19.4. The predicted octanol–water partition coefficient (Wildman–Crippen LogP) is 6.55. The van der Waals surface area contributed by atoms with Gasteiger partial charge in [0.05, 0.1) is 5.41 Å². The van der Waals surface area contributed by atoms with E-state index >= 15 is 17.6 Å². The Bertz CT molecular complexity index is 803. The van der Waals surface area contributed by atoms with Gasteiger partial charge in [0, 0.05) is 5.92 Å². The minimum Gasteiger partial charge on any atom is -0.417 e. The highest BCUT2D eigenvalue weighted by Crippen LogP contribution is 2.69. The fourth-order valence-electron chi connectivity index (χ4n) is 4.68. The summed E-state index contributed by atoms with van der Waals surface area (Å²) >= 11 is 0. The van der Waals surface area contributed by atoms with Crippen LogP contribution in [0.2, 0.25) is 0 Å². The molecule has 4 nitrogen and oxygen atoms in total. The van der Waals surface area contributed by atoms with Crippen molar-refractivity contribution in [3.8, 4) is 0 Å². The third kappa shape index (κ3) is 3.83. The van der Waals surface area contributed by atoms with E-state index in [0.29, 0.717) is 6.92 Å². The first kappa shape index (κ1) is 29.9. The summed E-state index contributed by atoms with van der Waals surface area (Å²) in [6.45, 7) is 3.55. The van der Waals surface area contributed by atoms with E-state index in [9.17, 15) is 36.2 Å². The highest BCUT2D eigenvalue weighted by molar-refractivity contribution is 5.76. The third-order valence-corrected chi connectivity index (χ3v) is 7.38. The smallest absolute Gasteiger partial charge is 0.417 e. The molecule has 0 aromatic carbocycles. The van der Waals surface area contributed by atoms with E-state index in [0.717, 1.165) is 13.8 Å². The van der Waals surface area contributed by atoms with E-state index in [1.54, 1.807) is 0 Å². The maximum Gasteiger partial charge on any atom is 0.462 e. The van der Waals surface area contributed by atoms with E-state index in [-0.39, 0.29) is 25.7 Å². The second kappa shape index (κ2) is 8.63. The van der Waals surface area contributed by atoms with Crippen molar-refractivity contribution in [3.63, 3.8) is 0 Å². The monoisotopic (exact) mass is 534 g/mol. The van der Waals surface area contributed by atoms with Gasteiger partial charge in [0.15, 0.2) is 0 Å². The Morgan fingerprint density at radius 3 is 1.77 bits per heavy atom. The van der Waals surface area contributed by atoms with Crippen LogP contribution in [0.3, 0.4) is 0 Å². The van der Waals surface area contributed by atoms with Crippen LogP contribution in [-0.4, -0.2) is 52.3 Å². The molecule has 0 amide bonds. The summed E-state index contributed by atoms with van der Waals surface area (Å²) in [6.07, 6.45) is -16.8. The lowest BCUT2D eigenvalue weighted by Gasteiger charge is -2.62. The van der Waals surface area contributed by atoms with Crippen molar-refractivity contribution in [2.24, 2.45) is 11.3 Å². The maximum atomic E-state index is 15.6. The molecule has 1 saturated carbocycles. The molecule has 14 heteroatoms. The van der Waals surface area contributed by atoms with Crippen molar-refractivity contribution < 1.29 is 63.3 Å². The van der Waals surface area contributed by atoms with Crippen molar-refractivity contribution in [3.05, 3.63) is 0 Å². The molecule has 1 saturated heterocycles. The van der Waals surface area contributed by atoms with E-state index in [2.05, 4.69) is 9.47 Å². The molecular weight excluding hydrogens is 506 g/mol. The van der Waals surface area contributed by atoms with E-state index in [4.69, 9.17) is 0 Å². The van der Waals surface area contributed by atoms with E-state index in [1.807, 2.05) is 0 Å². The molecule has 1 heterocycles. The Morgan fingerprint density at radius 2 is 1.40 bits per heavy atom. The van der Waals surface area contributed by atoms with E-state index in [1.165, 1.54) is 6.92 Å². The van der Waals surface area contributed by atoms with Gasteiger partial charge in [-0.1, -0.05) is 33.1 Å². The summed E-state index contributed by atoms with van der Waals surface area (Å²) in [4.78, 5) is 12.5. The van der Waals surface area contributed by atoms with Gasteiger partial charge in [-0.3, -0.25) is 4.79 Å². The Labute approximate surface area is 195 Å². The van der Waals surface area contributed by atoms with Gasteiger partial charge in [-0.15, -0.1) is 0 Å². The fourth-order valence-corrected chi connectivity index (χ4v) is 4.68. The van der Waals surface area contributed by atoms with Gasteiger partial charge in [0.1, 0.15) is 0 Å². The molecule has 3 unspecified atom stereocenters. The van der Waals surface area contributed by atoms with Gasteiger partial charge in [0.2, 0.25) is 11.2 Å². The van der Waals surface area contributed by atoms with Crippen LogP contribution >= 0.6 is 0 Å². The number of aliphatic hydroxyl groups is 1. The normalized spacial score (nSPS) is 34.5. The SMILES string of the molecule is CCC(C)(C)C(=O)OC1(C(F)(F)F)OC(C2CCCCC2)(C(F)(F)F)C(F)(F)C(O)(CC)C1(F)F. The molecule has 0 bridgehead atoms. The van der Waals surface area contributed by atoms with Crippen LogP contribution in [-0.2, 0) is 14.3 Å². The van der Waals surface area contributed by atoms with Gasteiger partial charge < -0.3 is 14.6 Å². The average Bonchev–Trinajstić information content (AvgIpc) is 2.73. The molecule has 2 aliphatic rings. The second-order valence-electron chi connectivity index (χ2n) is 9.77. The second-order valence-corrected chi connectivity index (χ2v) is 9.77. The number of hydrogen-bond acceptors (Lipinski definition) is 4. The van der Waals surface area contributed by atoms with Crippen molar-refractivity contribution >= 4 is 5.97 Å². The summed E-state index contributed by atoms with van der Waals surface area (Å²) < 4.78 is 157. The van der Waals surface area contributed by atoms with Crippen LogP contribution in [0.4, 0.5) is 43.9 Å². The van der Waals surface area contributed by atoms with Gasteiger partial charge in [0.25, 0.3) is 0 Å². The molecule has 2 fully saturated rings. The zero-order valence-electron chi connectivity index (χ0n) is 19.5. The Hall–Kier alpha value is -1.31. The minimum absolute atomic E-state index is 0.134. The molecule has 0 spiro atoms. The maximum absolute atomic E-state index is 15.6. The molecule has 0 aromatic rings. The summed E-state index contributed by atoms with van der Waals surface area (Å²) in [5.74, 6) is -22.6. The lowest BCUT2D eigenvalue weighted by molar-refractivity contribution is -0.565. The molecule has 1 aliphatic heterocycles. The first-order valence-electron chi connectivity index (χ1n) is 11.1. The number of esters is 1.